The van der Waals surface area contributed by atoms with Gasteiger partial charge in [0.05, 0.1) is 0 Å². The number of ether oxygens (including phenoxy) is 1. The van der Waals surface area contributed by atoms with Crippen LogP contribution in [0, 0.1) is 0 Å². The molecule has 0 aliphatic rings. The predicted octanol–water partition coefficient (Wildman–Crippen LogP) is 1.42. The van der Waals surface area contributed by atoms with Crippen molar-refractivity contribution in [3.63, 3.8) is 0 Å². The van der Waals surface area contributed by atoms with Crippen LogP contribution in [0.25, 0.3) is 10.8 Å². The van der Waals surface area contributed by atoms with Gasteiger partial charge in [0, 0.05) is 19.2 Å². The van der Waals surface area contributed by atoms with Crippen LogP contribution in [0.4, 0.5) is 0 Å². The predicted molar refractivity (Wildman–Crippen MR) is 71.4 cm³/mol. The lowest BCUT2D eigenvalue weighted by atomic mass is 10.0. The molecule has 4 nitrogen and oxygen atoms in total. The average molecular weight is 244 g/mol. The molecule has 94 valence electrons. The SMILES string of the molecule is CNC(=O)COc1ccc2ccccc2c1CN. The molecule has 1 amide bonds. The Morgan fingerprint density at radius 2 is 2.06 bits per heavy atom. The standard InChI is InChI=1S/C14H16N2O2/c1-16-14(17)9-18-13-7-6-10-4-2-3-5-11(10)12(13)8-15/h2-7H,8-9,15H2,1H3,(H,16,17). The topological polar surface area (TPSA) is 64.3 Å². The molecule has 3 N–H and O–H groups in total. The maximum atomic E-state index is 11.2. The Labute approximate surface area is 106 Å². The lowest BCUT2D eigenvalue weighted by molar-refractivity contribution is -0.122. The highest BCUT2D eigenvalue weighted by molar-refractivity contribution is 5.88. The average Bonchev–Trinajstić information content (AvgIpc) is 2.43. The number of nitrogens with one attached hydrogen (secondary N) is 1. The number of likely N-dealkylation sites (N-methyl/N-ethyl adjacent to an activating group) is 1. The fraction of sp³-hybridized carbons (Fsp3) is 0.214. The number of hydrogen-bond donors (Lipinski definition) is 2. The van der Waals surface area contributed by atoms with Crippen molar-refractivity contribution in [2.75, 3.05) is 13.7 Å². The van der Waals surface area contributed by atoms with Crippen LogP contribution in [0.3, 0.4) is 0 Å². The number of fused-ring (bicyclic) bond motifs is 1. The molecule has 0 aliphatic heterocycles. The van der Waals surface area contributed by atoms with Gasteiger partial charge in [-0.25, -0.2) is 0 Å². The zero-order valence-corrected chi connectivity index (χ0v) is 10.3. The highest BCUT2D eigenvalue weighted by atomic mass is 16.5. The second-order valence-corrected chi connectivity index (χ2v) is 3.93. The van der Waals surface area contributed by atoms with Crippen molar-refractivity contribution < 1.29 is 9.53 Å². The number of hydrogen-bond acceptors (Lipinski definition) is 3. The Morgan fingerprint density at radius 1 is 1.28 bits per heavy atom. The Kier molecular flexibility index (Phi) is 3.79. The van der Waals surface area contributed by atoms with Crippen LogP contribution in [-0.2, 0) is 11.3 Å². The maximum Gasteiger partial charge on any atom is 0.257 e. The van der Waals surface area contributed by atoms with Gasteiger partial charge in [0.15, 0.2) is 6.61 Å². The third-order valence-electron chi connectivity index (χ3n) is 2.84. The first-order valence-electron chi connectivity index (χ1n) is 5.80. The summed E-state index contributed by atoms with van der Waals surface area (Å²) in [5, 5.41) is 4.69. The van der Waals surface area contributed by atoms with E-state index in [1.165, 1.54) is 0 Å². The van der Waals surface area contributed by atoms with Gasteiger partial charge in [0.25, 0.3) is 5.91 Å². The molecule has 0 fully saturated rings. The van der Waals surface area contributed by atoms with Crippen LogP contribution in [-0.4, -0.2) is 19.6 Å². The Hall–Kier alpha value is -2.07. The summed E-state index contributed by atoms with van der Waals surface area (Å²) in [4.78, 5) is 11.2. The quantitative estimate of drug-likeness (QED) is 0.855. The zero-order chi connectivity index (χ0) is 13.0. The van der Waals surface area contributed by atoms with Gasteiger partial charge in [0.2, 0.25) is 0 Å². The van der Waals surface area contributed by atoms with E-state index in [0.29, 0.717) is 12.3 Å². The molecule has 0 heterocycles. The lowest BCUT2D eigenvalue weighted by Gasteiger charge is -2.12. The second-order valence-electron chi connectivity index (χ2n) is 3.93. The third kappa shape index (κ3) is 2.43. The molecule has 0 atom stereocenters. The molecule has 18 heavy (non-hydrogen) atoms. The van der Waals surface area contributed by atoms with Gasteiger partial charge in [-0.15, -0.1) is 0 Å². The molecule has 2 aromatic rings. The van der Waals surface area contributed by atoms with Gasteiger partial charge in [-0.3, -0.25) is 4.79 Å². The summed E-state index contributed by atoms with van der Waals surface area (Å²) in [5.74, 6) is 0.505. The van der Waals surface area contributed by atoms with Gasteiger partial charge in [-0.2, -0.15) is 0 Å². The Morgan fingerprint density at radius 3 is 2.78 bits per heavy atom. The molecule has 4 heteroatoms. The van der Waals surface area contributed by atoms with Crippen LogP contribution in [0.2, 0.25) is 0 Å². The lowest BCUT2D eigenvalue weighted by Crippen LogP contribution is -2.25. The van der Waals surface area contributed by atoms with Gasteiger partial charge in [-0.1, -0.05) is 30.3 Å². The van der Waals surface area contributed by atoms with E-state index >= 15 is 0 Å². The van der Waals surface area contributed by atoms with Crippen molar-refractivity contribution in [2.45, 2.75) is 6.54 Å². The Bertz CT molecular complexity index is 567. The summed E-state index contributed by atoms with van der Waals surface area (Å²) in [5.41, 5.74) is 6.70. The van der Waals surface area contributed by atoms with Gasteiger partial charge in [-0.05, 0) is 16.8 Å². The molecule has 0 spiro atoms. The molecule has 0 saturated carbocycles. The van der Waals surface area contributed by atoms with Crippen molar-refractivity contribution in [1.82, 2.24) is 5.32 Å². The molecule has 2 rings (SSSR count). The number of benzene rings is 2. The van der Waals surface area contributed by atoms with Crippen LogP contribution in [0.5, 0.6) is 5.75 Å². The minimum atomic E-state index is -0.161. The van der Waals surface area contributed by atoms with Crippen LogP contribution in [0.1, 0.15) is 5.56 Å². The number of carbonyl (C=O) groups excluding carboxylic acids is 1. The fourth-order valence-corrected chi connectivity index (χ4v) is 1.88. The highest BCUT2D eigenvalue weighted by Gasteiger charge is 2.08. The van der Waals surface area contributed by atoms with E-state index in [-0.39, 0.29) is 12.5 Å². The summed E-state index contributed by atoms with van der Waals surface area (Å²) in [6.07, 6.45) is 0. The minimum absolute atomic E-state index is 0.00183. The molecular weight excluding hydrogens is 228 g/mol. The minimum Gasteiger partial charge on any atom is -0.483 e. The first-order valence-corrected chi connectivity index (χ1v) is 5.80. The largest absolute Gasteiger partial charge is 0.483 e. The van der Waals surface area contributed by atoms with Crippen molar-refractivity contribution in [3.8, 4) is 5.75 Å². The summed E-state index contributed by atoms with van der Waals surface area (Å²) >= 11 is 0. The molecule has 0 bridgehead atoms. The van der Waals surface area contributed by atoms with Gasteiger partial charge in [0.1, 0.15) is 5.75 Å². The fourth-order valence-electron chi connectivity index (χ4n) is 1.88. The Balaban J connectivity index is 2.35. The van der Waals surface area contributed by atoms with Crippen molar-refractivity contribution >= 4 is 16.7 Å². The van der Waals surface area contributed by atoms with Crippen LogP contribution < -0.4 is 15.8 Å². The number of nitrogens with two attached hydrogens (primary N) is 1. The molecule has 0 saturated heterocycles. The summed E-state index contributed by atoms with van der Waals surface area (Å²) in [6.45, 7) is 0.381. The summed E-state index contributed by atoms with van der Waals surface area (Å²) in [7, 11) is 1.58. The van der Waals surface area contributed by atoms with Crippen LogP contribution in [0.15, 0.2) is 36.4 Å². The van der Waals surface area contributed by atoms with E-state index in [2.05, 4.69) is 5.32 Å². The third-order valence-corrected chi connectivity index (χ3v) is 2.84. The van der Waals surface area contributed by atoms with Crippen molar-refractivity contribution in [2.24, 2.45) is 5.73 Å². The van der Waals surface area contributed by atoms with Gasteiger partial charge < -0.3 is 15.8 Å². The highest BCUT2D eigenvalue weighted by Crippen LogP contribution is 2.27. The van der Waals surface area contributed by atoms with E-state index in [9.17, 15) is 4.79 Å². The normalized spacial score (nSPS) is 10.3. The van der Waals surface area contributed by atoms with E-state index in [1.54, 1.807) is 7.05 Å². The molecule has 0 aliphatic carbocycles. The van der Waals surface area contributed by atoms with Crippen molar-refractivity contribution in [1.29, 1.82) is 0 Å². The van der Waals surface area contributed by atoms with E-state index in [0.717, 1.165) is 16.3 Å². The zero-order valence-electron chi connectivity index (χ0n) is 10.3. The molecule has 0 aromatic heterocycles. The molecule has 0 radical (unpaired) electrons. The smallest absolute Gasteiger partial charge is 0.257 e. The monoisotopic (exact) mass is 244 g/mol. The summed E-state index contributed by atoms with van der Waals surface area (Å²) in [6, 6.07) is 11.8. The van der Waals surface area contributed by atoms with E-state index in [4.69, 9.17) is 10.5 Å². The number of amides is 1. The second kappa shape index (κ2) is 5.51. The first-order chi connectivity index (χ1) is 8.76. The maximum absolute atomic E-state index is 11.2. The summed E-state index contributed by atoms with van der Waals surface area (Å²) < 4.78 is 5.50. The van der Waals surface area contributed by atoms with Crippen molar-refractivity contribution in [3.05, 3.63) is 42.0 Å². The van der Waals surface area contributed by atoms with E-state index in [1.807, 2.05) is 36.4 Å². The van der Waals surface area contributed by atoms with E-state index < -0.39 is 0 Å². The number of rotatable bonds is 4. The molecular formula is C14H16N2O2. The first kappa shape index (κ1) is 12.4. The molecule has 2 aromatic carbocycles. The van der Waals surface area contributed by atoms with Crippen LogP contribution >= 0.6 is 0 Å². The van der Waals surface area contributed by atoms with Gasteiger partial charge >= 0.3 is 0 Å². The number of carbonyl (C=O) groups is 1. The molecule has 0 unspecified atom stereocenters.